The van der Waals surface area contributed by atoms with Gasteiger partial charge in [0.1, 0.15) is 5.82 Å². The van der Waals surface area contributed by atoms with Gasteiger partial charge >= 0.3 is 5.97 Å². The molecule has 0 amide bonds. The Morgan fingerprint density at radius 2 is 2.00 bits per heavy atom. The molecule has 0 aliphatic heterocycles. The van der Waals surface area contributed by atoms with E-state index < -0.39 is 0 Å². The van der Waals surface area contributed by atoms with E-state index in [2.05, 4.69) is 12.2 Å². The normalized spacial score (nSPS) is 12.2. The van der Waals surface area contributed by atoms with Crippen LogP contribution >= 0.6 is 0 Å². The number of carbonyl (C=O) groups is 1. The zero-order valence-corrected chi connectivity index (χ0v) is 11.6. The molecule has 1 aromatic carbocycles. The Labute approximate surface area is 114 Å². The van der Waals surface area contributed by atoms with E-state index in [0.717, 1.165) is 18.4 Å². The Bertz CT molecular complexity index is 378. The summed E-state index contributed by atoms with van der Waals surface area (Å²) in [6.45, 7) is 4.93. The van der Waals surface area contributed by atoms with Gasteiger partial charge in [0, 0.05) is 12.6 Å². The lowest BCUT2D eigenvalue weighted by Gasteiger charge is -2.17. The van der Waals surface area contributed by atoms with Crippen LogP contribution in [0.5, 0.6) is 0 Å². The Morgan fingerprint density at radius 1 is 1.32 bits per heavy atom. The average molecular weight is 267 g/mol. The molecule has 0 saturated carbocycles. The molecule has 0 heterocycles. The van der Waals surface area contributed by atoms with E-state index in [1.165, 1.54) is 12.1 Å². The van der Waals surface area contributed by atoms with Gasteiger partial charge in [0.25, 0.3) is 0 Å². The summed E-state index contributed by atoms with van der Waals surface area (Å²) in [5.41, 5.74) is 1.01. The van der Waals surface area contributed by atoms with Crippen molar-refractivity contribution in [3.05, 3.63) is 35.6 Å². The van der Waals surface area contributed by atoms with Crippen molar-refractivity contribution in [3.63, 3.8) is 0 Å². The van der Waals surface area contributed by atoms with Crippen LogP contribution in [0.1, 0.15) is 38.7 Å². The number of benzene rings is 1. The third kappa shape index (κ3) is 6.34. The molecular formula is C15H22FNO2. The SMILES string of the molecule is CCCC(CC(=O)OCC)NCc1ccc(F)cc1. The molecule has 0 aliphatic carbocycles. The predicted octanol–water partition coefficient (Wildman–Crippen LogP) is 3.04. The van der Waals surface area contributed by atoms with Crippen molar-refractivity contribution in [1.29, 1.82) is 0 Å². The molecule has 1 N–H and O–H groups in total. The predicted molar refractivity (Wildman–Crippen MR) is 73.2 cm³/mol. The van der Waals surface area contributed by atoms with Crippen LogP contribution in [0, 0.1) is 5.82 Å². The number of nitrogens with one attached hydrogen (secondary N) is 1. The summed E-state index contributed by atoms with van der Waals surface area (Å²) >= 11 is 0. The van der Waals surface area contributed by atoms with E-state index in [1.54, 1.807) is 19.1 Å². The van der Waals surface area contributed by atoms with Crippen molar-refractivity contribution in [1.82, 2.24) is 5.32 Å². The summed E-state index contributed by atoms with van der Waals surface area (Å²) in [7, 11) is 0. The van der Waals surface area contributed by atoms with Gasteiger partial charge < -0.3 is 10.1 Å². The molecule has 1 aromatic rings. The van der Waals surface area contributed by atoms with Crippen molar-refractivity contribution in [2.45, 2.75) is 45.7 Å². The summed E-state index contributed by atoms with van der Waals surface area (Å²) in [6, 6.07) is 6.48. The Kier molecular flexibility index (Phi) is 7.11. The first kappa shape index (κ1) is 15.6. The Morgan fingerprint density at radius 3 is 2.58 bits per heavy atom. The van der Waals surface area contributed by atoms with E-state index in [1.807, 2.05) is 0 Å². The molecule has 0 spiro atoms. The maximum Gasteiger partial charge on any atom is 0.307 e. The molecule has 19 heavy (non-hydrogen) atoms. The first-order valence-corrected chi connectivity index (χ1v) is 6.79. The summed E-state index contributed by atoms with van der Waals surface area (Å²) < 4.78 is 17.7. The van der Waals surface area contributed by atoms with Gasteiger partial charge in [-0.05, 0) is 31.0 Å². The molecule has 0 radical (unpaired) electrons. The first-order valence-electron chi connectivity index (χ1n) is 6.79. The van der Waals surface area contributed by atoms with Crippen molar-refractivity contribution in [2.75, 3.05) is 6.61 Å². The fourth-order valence-corrected chi connectivity index (χ4v) is 1.91. The number of ether oxygens (including phenoxy) is 1. The maximum atomic E-state index is 12.8. The standard InChI is InChI=1S/C15H22FNO2/c1-3-5-14(10-15(18)19-4-2)17-11-12-6-8-13(16)9-7-12/h6-9,14,17H,3-5,10-11H2,1-2H3. The van der Waals surface area contributed by atoms with Gasteiger partial charge in [-0.1, -0.05) is 25.5 Å². The van der Waals surface area contributed by atoms with Crippen molar-refractivity contribution in [2.24, 2.45) is 0 Å². The van der Waals surface area contributed by atoms with Crippen molar-refractivity contribution in [3.8, 4) is 0 Å². The van der Waals surface area contributed by atoms with E-state index >= 15 is 0 Å². The number of rotatable bonds is 8. The Balaban J connectivity index is 2.44. The zero-order valence-electron chi connectivity index (χ0n) is 11.6. The van der Waals surface area contributed by atoms with Crippen LogP contribution in [0.2, 0.25) is 0 Å². The minimum Gasteiger partial charge on any atom is -0.466 e. The molecule has 0 aliphatic rings. The first-order chi connectivity index (χ1) is 9.15. The highest BCUT2D eigenvalue weighted by molar-refractivity contribution is 5.70. The van der Waals surface area contributed by atoms with Crippen LogP contribution < -0.4 is 5.32 Å². The number of esters is 1. The molecule has 1 rings (SSSR count). The average Bonchev–Trinajstić information content (AvgIpc) is 2.38. The van der Waals surface area contributed by atoms with E-state index in [4.69, 9.17) is 4.74 Å². The smallest absolute Gasteiger partial charge is 0.307 e. The van der Waals surface area contributed by atoms with Gasteiger partial charge in [-0.3, -0.25) is 4.79 Å². The molecule has 0 saturated heterocycles. The zero-order chi connectivity index (χ0) is 14.1. The quantitative estimate of drug-likeness (QED) is 0.736. The van der Waals surface area contributed by atoms with Crippen LogP contribution in [0.4, 0.5) is 4.39 Å². The summed E-state index contributed by atoms with van der Waals surface area (Å²) in [5, 5.41) is 3.32. The van der Waals surface area contributed by atoms with Crippen LogP contribution in [0.15, 0.2) is 24.3 Å². The molecule has 106 valence electrons. The van der Waals surface area contributed by atoms with Crippen LogP contribution in [-0.4, -0.2) is 18.6 Å². The van der Waals surface area contributed by atoms with Crippen LogP contribution in [0.3, 0.4) is 0 Å². The lowest BCUT2D eigenvalue weighted by molar-refractivity contribution is -0.143. The van der Waals surface area contributed by atoms with Crippen molar-refractivity contribution >= 4 is 5.97 Å². The van der Waals surface area contributed by atoms with Gasteiger partial charge in [0.05, 0.1) is 13.0 Å². The molecule has 3 nitrogen and oxygen atoms in total. The van der Waals surface area contributed by atoms with E-state index in [0.29, 0.717) is 19.6 Å². The van der Waals surface area contributed by atoms with Crippen LogP contribution in [-0.2, 0) is 16.1 Å². The highest BCUT2D eigenvalue weighted by Crippen LogP contribution is 2.07. The lowest BCUT2D eigenvalue weighted by atomic mass is 10.1. The summed E-state index contributed by atoms with van der Waals surface area (Å²) in [4.78, 5) is 11.5. The van der Waals surface area contributed by atoms with E-state index in [9.17, 15) is 9.18 Å². The summed E-state index contributed by atoms with van der Waals surface area (Å²) in [6.07, 6.45) is 2.30. The highest BCUT2D eigenvalue weighted by Gasteiger charge is 2.13. The number of hydrogen-bond donors (Lipinski definition) is 1. The topological polar surface area (TPSA) is 38.3 Å². The minimum absolute atomic E-state index is 0.106. The molecule has 0 fully saturated rings. The van der Waals surface area contributed by atoms with Gasteiger partial charge in [0.2, 0.25) is 0 Å². The second-order valence-electron chi connectivity index (χ2n) is 4.50. The largest absolute Gasteiger partial charge is 0.466 e. The van der Waals surface area contributed by atoms with Gasteiger partial charge in [-0.15, -0.1) is 0 Å². The Hall–Kier alpha value is -1.42. The maximum absolute atomic E-state index is 12.8. The second-order valence-corrected chi connectivity index (χ2v) is 4.50. The molecular weight excluding hydrogens is 245 g/mol. The van der Waals surface area contributed by atoms with Gasteiger partial charge in [0.15, 0.2) is 0 Å². The molecule has 1 atom stereocenters. The summed E-state index contributed by atoms with van der Waals surface area (Å²) in [5.74, 6) is -0.409. The molecule has 1 unspecified atom stereocenters. The highest BCUT2D eigenvalue weighted by atomic mass is 19.1. The molecule has 4 heteroatoms. The fourth-order valence-electron chi connectivity index (χ4n) is 1.91. The third-order valence-corrected chi connectivity index (χ3v) is 2.86. The van der Waals surface area contributed by atoms with Crippen molar-refractivity contribution < 1.29 is 13.9 Å². The monoisotopic (exact) mass is 267 g/mol. The number of carbonyl (C=O) groups excluding carboxylic acids is 1. The van der Waals surface area contributed by atoms with Gasteiger partial charge in [-0.2, -0.15) is 0 Å². The second kappa shape index (κ2) is 8.64. The third-order valence-electron chi connectivity index (χ3n) is 2.86. The van der Waals surface area contributed by atoms with Gasteiger partial charge in [-0.25, -0.2) is 4.39 Å². The molecule has 0 aromatic heterocycles. The minimum atomic E-state index is -0.236. The number of halogens is 1. The fraction of sp³-hybridized carbons (Fsp3) is 0.533. The molecule has 0 bridgehead atoms. The number of hydrogen-bond acceptors (Lipinski definition) is 3. The van der Waals surface area contributed by atoms with E-state index in [-0.39, 0.29) is 17.8 Å². The lowest BCUT2D eigenvalue weighted by Crippen LogP contribution is -2.31. The van der Waals surface area contributed by atoms with Crippen LogP contribution in [0.25, 0.3) is 0 Å².